The van der Waals surface area contributed by atoms with Crippen molar-refractivity contribution in [1.82, 2.24) is 9.80 Å². The van der Waals surface area contributed by atoms with E-state index in [4.69, 9.17) is 9.15 Å². The van der Waals surface area contributed by atoms with Crippen LogP contribution < -0.4 is 5.43 Å². The molecule has 0 spiro atoms. The zero-order valence-electron chi connectivity index (χ0n) is 13.7. The van der Waals surface area contributed by atoms with Gasteiger partial charge in [0.15, 0.2) is 5.43 Å². The molecule has 0 atom stereocenters. The van der Waals surface area contributed by atoms with Crippen LogP contribution in [0.25, 0.3) is 11.0 Å². The van der Waals surface area contributed by atoms with E-state index < -0.39 is 0 Å². The first-order valence-electron chi connectivity index (χ1n) is 8.23. The molecule has 1 aliphatic rings. The van der Waals surface area contributed by atoms with Crippen LogP contribution in [0.3, 0.4) is 0 Å². The van der Waals surface area contributed by atoms with Gasteiger partial charge in [0.05, 0.1) is 25.1 Å². The summed E-state index contributed by atoms with van der Waals surface area (Å²) in [5.41, 5.74) is 0.695. The van der Waals surface area contributed by atoms with E-state index in [0.717, 1.165) is 51.6 Å². The molecule has 2 aromatic rings. The summed E-state index contributed by atoms with van der Waals surface area (Å²) in [5.74, 6) is 0.725. The summed E-state index contributed by atoms with van der Waals surface area (Å²) in [6.45, 7) is 6.48. The van der Waals surface area contributed by atoms with Gasteiger partial charge in [-0.3, -0.25) is 14.6 Å². The molecule has 124 valence electrons. The Labute approximate surface area is 136 Å². The molecule has 5 heteroatoms. The van der Waals surface area contributed by atoms with Gasteiger partial charge in [0.25, 0.3) is 0 Å². The fourth-order valence-corrected chi connectivity index (χ4v) is 2.97. The third-order valence-electron chi connectivity index (χ3n) is 4.23. The molecular weight excluding hydrogens is 292 g/mol. The molecule has 1 aliphatic heterocycles. The molecule has 5 nitrogen and oxygen atoms in total. The maximum atomic E-state index is 12.1. The van der Waals surface area contributed by atoms with Crippen LogP contribution in [0, 0.1) is 0 Å². The predicted molar refractivity (Wildman–Crippen MR) is 90.7 cm³/mol. The smallest absolute Gasteiger partial charge is 0.192 e. The fourth-order valence-electron chi connectivity index (χ4n) is 2.97. The highest BCUT2D eigenvalue weighted by Crippen LogP contribution is 2.13. The second-order valence-corrected chi connectivity index (χ2v) is 6.12. The summed E-state index contributed by atoms with van der Waals surface area (Å²) >= 11 is 0. The van der Waals surface area contributed by atoms with Crippen LogP contribution in [-0.2, 0) is 11.3 Å². The molecule has 0 bridgehead atoms. The third-order valence-corrected chi connectivity index (χ3v) is 4.23. The summed E-state index contributed by atoms with van der Waals surface area (Å²) < 4.78 is 11.2. The van der Waals surface area contributed by atoms with Crippen molar-refractivity contribution in [2.24, 2.45) is 0 Å². The summed E-state index contributed by atoms with van der Waals surface area (Å²) in [5, 5.41) is 0.645. The number of hydrogen-bond donors (Lipinski definition) is 0. The Balaban J connectivity index is 1.53. The van der Waals surface area contributed by atoms with Gasteiger partial charge in [-0.1, -0.05) is 12.1 Å². The minimum Gasteiger partial charge on any atom is -0.459 e. The van der Waals surface area contributed by atoms with Crippen LogP contribution >= 0.6 is 0 Å². The molecule has 1 aromatic carbocycles. The molecule has 1 aromatic heterocycles. The van der Waals surface area contributed by atoms with Gasteiger partial charge in [-0.05, 0) is 38.7 Å². The van der Waals surface area contributed by atoms with Crippen LogP contribution in [0.1, 0.15) is 12.2 Å². The van der Waals surface area contributed by atoms with E-state index in [0.29, 0.717) is 17.5 Å². The largest absolute Gasteiger partial charge is 0.459 e. The standard InChI is InChI=1S/C18H24N2O3/c1-19(7-4-8-20-9-11-22-12-10-20)14-15-13-17(21)16-5-2-3-6-18(16)23-15/h2-3,5-6,13H,4,7-12,14H2,1H3. The van der Waals surface area contributed by atoms with Crippen molar-refractivity contribution in [3.63, 3.8) is 0 Å². The van der Waals surface area contributed by atoms with Crippen LogP contribution in [0.2, 0.25) is 0 Å². The molecule has 0 unspecified atom stereocenters. The first-order valence-corrected chi connectivity index (χ1v) is 8.23. The lowest BCUT2D eigenvalue weighted by atomic mass is 10.2. The molecule has 0 N–H and O–H groups in total. The Morgan fingerprint density at radius 3 is 2.83 bits per heavy atom. The van der Waals surface area contributed by atoms with Crippen molar-refractivity contribution in [2.75, 3.05) is 46.4 Å². The summed E-state index contributed by atoms with van der Waals surface area (Å²) in [6.07, 6.45) is 1.11. The number of hydrogen-bond acceptors (Lipinski definition) is 5. The van der Waals surface area contributed by atoms with Crippen LogP contribution in [0.5, 0.6) is 0 Å². The van der Waals surface area contributed by atoms with Crippen LogP contribution in [0.15, 0.2) is 39.5 Å². The maximum absolute atomic E-state index is 12.1. The lowest BCUT2D eigenvalue weighted by Crippen LogP contribution is -2.37. The van der Waals surface area contributed by atoms with Gasteiger partial charge < -0.3 is 9.15 Å². The van der Waals surface area contributed by atoms with Gasteiger partial charge in [-0.25, -0.2) is 0 Å². The van der Waals surface area contributed by atoms with E-state index >= 15 is 0 Å². The SMILES string of the molecule is CN(CCCN1CCOCC1)Cc1cc(=O)c2ccccc2o1. The topological polar surface area (TPSA) is 45.9 Å². The van der Waals surface area contributed by atoms with Crippen molar-refractivity contribution in [3.8, 4) is 0 Å². The normalized spacial score (nSPS) is 16.3. The van der Waals surface area contributed by atoms with Crippen molar-refractivity contribution in [2.45, 2.75) is 13.0 Å². The molecule has 0 aliphatic carbocycles. The highest BCUT2D eigenvalue weighted by molar-refractivity contribution is 5.76. The zero-order valence-corrected chi connectivity index (χ0v) is 13.7. The second-order valence-electron chi connectivity index (χ2n) is 6.12. The van der Waals surface area contributed by atoms with Gasteiger partial charge in [0.1, 0.15) is 11.3 Å². The van der Waals surface area contributed by atoms with Gasteiger partial charge in [0, 0.05) is 19.2 Å². The number of nitrogens with zero attached hydrogens (tertiary/aromatic N) is 2. The first kappa shape index (κ1) is 16.2. The summed E-state index contributed by atoms with van der Waals surface area (Å²) in [7, 11) is 2.06. The van der Waals surface area contributed by atoms with Crippen molar-refractivity contribution >= 4 is 11.0 Å². The van der Waals surface area contributed by atoms with Crippen molar-refractivity contribution in [1.29, 1.82) is 0 Å². The molecule has 0 amide bonds. The Bertz CT molecular complexity index is 692. The quantitative estimate of drug-likeness (QED) is 0.815. The number of ether oxygens (including phenoxy) is 1. The minimum atomic E-state index is 0.0311. The Morgan fingerprint density at radius 2 is 2.00 bits per heavy atom. The summed E-state index contributed by atoms with van der Waals surface area (Å²) in [4.78, 5) is 16.7. The van der Waals surface area contributed by atoms with E-state index in [1.165, 1.54) is 0 Å². The van der Waals surface area contributed by atoms with Crippen molar-refractivity contribution in [3.05, 3.63) is 46.3 Å². The lowest BCUT2D eigenvalue weighted by Gasteiger charge is -2.27. The molecule has 3 rings (SSSR count). The lowest BCUT2D eigenvalue weighted by molar-refractivity contribution is 0.0363. The Kier molecular flexibility index (Phi) is 5.43. The van der Waals surface area contributed by atoms with E-state index in [1.807, 2.05) is 18.2 Å². The molecular formula is C18H24N2O3. The highest BCUT2D eigenvalue weighted by atomic mass is 16.5. The van der Waals surface area contributed by atoms with Gasteiger partial charge in [-0.15, -0.1) is 0 Å². The molecule has 23 heavy (non-hydrogen) atoms. The monoisotopic (exact) mass is 316 g/mol. The Morgan fingerprint density at radius 1 is 1.22 bits per heavy atom. The predicted octanol–water partition coefficient (Wildman–Crippen LogP) is 1.95. The maximum Gasteiger partial charge on any atom is 0.192 e. The molecule has 2 heterocycles. The fraction of sp³-hybridized carbons (Fsp3) is 0.500. The molecule has 1 fully saturated rings. The average Bonchev–Trinajstić information content (AvgIpc) is 2.56. The highest BCUT2D eigenvalue weighted by Gasteiger charge is 2.11. The Hall–Kier alpha value is -1.69. The number of rotatable bonds is 6. The number of fused-ring (bicyclic) bond motifs is 1. The zero-order chi connectivity index (χ0) is 16.1. The van der Waals surface area contributed by atoms with E-state index in [2.05, 4.69) is 16.8 Å². The number of morpholine rings is 1. The number of para-hydroxylation sites is 1. The molecule has 0 radical (unpaired) electrons. The van der Waals surface area contributed by atoms with Gasteiger partial charge in [-0.2, -0.15) is 0 Å². The minimum absolute atomic E-state index is 0.0311. The second kappa shape index (κ2) is 7.73. The van der Waals surface area contributed by atoms with Crippen LogP contribution in [-0.4, -0.2) is 56.2 Å². The van der Waals surface area contributed by atoms with Gasteiger partial charge in [0.2, 0.25) is 0 Å². The van der Waals surface area contributed by atoms with Gasteiger partial charge >= 0.3 is 0 Å². The van der Waals surface area contributed by atoms with E-state index in [9.17, 15) is 4.79 Å². The third kappa shape index (κ3) is 4.41. The van der Waals surface area contributed by atoms with Crippen molar-refractivity contribution < 1.29 is 9.15 Å². The molecule has 1 saturated heterocycles. The number of benzene rings is 1. The first-order chi connectivity index (χ1) is 11.2. The van der Waals surface area contributed by atoms with E-state index in [-0.39, 0.29) is 5.43 Å². The van der Waals surface area contributed by atoms with E-state index in [1.54, 1.807) is 12.1 Å². The summed E-state index contributed by atoms with van der Waals surface area (Å²) in [6, 6.07) is 9.01. The molecule has 0 saturated carbocycles. The van der Waals surface area contributed by atoms with Crippen LogP contribution in [0.4, 0.5) is 0 Å². The average molecular weight is 316 g/mol.